The Labute approximate surface area is 88.6 Å². The van der Waals surface area contributed by atoms with Crippen molar-refractivity contribution in [1.29, 1.82) is 0 Å². The fourth-order valence-corrected chi connectivity index (χ4v) is 2.51. The summed E-state index contributed by atoms with van der Waals surface area (Å²) in [5.41, 5.74) is 6.41. The summed E-state index contributed by atoms with van der Waals surface area (Å²) < 4.78 is 0. The van der Waals surface area contributed by atoms with Gasteiger partial charge in [-0.2, -0.15) is 0 Å². The van der Waals surface area contributed by atoms with Crippen molar-refractivity contribution >= 4 is 0 Å². The van der Waals surface area contributed by atoms with Crippen LogP contribution in [0.2, 0.25) is 0 Å². The maximum Gasteiger partial charge on any atom is -0.00201 e. The fraction of sp³-hybridized carbons (Fsp3) is 1.00. The van der Waals surface area contributed by atoms with E-state index in [4.69, 9.17) is 5.73 Å². The van der Waals surface area contributed by atoms with E-state index in [1.54, 1.807) is 0 Å². The predicted molar refractivity (Wildman–Crippen MR) is 62.4 cm³/mol. The Morgan fingerprint density at radius 1 is 1.14 bits per heavy atom. The number of hydrogen-bond acceptors (Lipinski definition) is 2. The van der Waals surface area contributed by atoms with Crippen molar-refractivity contribution in [2.75, 3.05) is 19.6 Å². The number of nitrogens with two attached hydrogens (primary N) is 1. The number of hydrogen-bond donors (Lipinski definition) is 2. The first-order chi connectivity index (χ1) is 6.83. The van der Waals surface area contributed by atoms with Crippen molar-refractivity contribution in [2.45, 2.75) is 51.9 Å². The Morgan fingerprint density at radius 2 is 1.86 bits per heavy atom. The summed E-state index contributed by atoms with van der Waals surface area (Å²) in [6.07, 6.45) is 9.44. The Kier molecular flexibility index (Phi) is 5.49. The van der Waals surface area contributed by atoms with E-state index < -0.39 is 0 Å². The highest BCUT2D eigenvalue weighted by Crippen LogP contribution is 2.37. The van der Waals surface area contributed by atoms with Crippen molar-refractivity contribution in [3.8, 4) is 0 Å². The average molecular weight is 198 g/mol. The van der Waals surface area contributed by atoms with E-state index in [1.165, 1.54) is 44.9 Å². The van der Waals surface area contributed by atoms with Crippen LogP contribution in [0.25, 0.3) is 0 Å². The van der Waals surface area contributed by atoms with Crippen molar-refractivity contribution < 1.29 is 0 Å². The molecule has 0 aromatic carbocycles. The van der Waals surface area contributed by atoms with Gasteiger partial charge in [0, 0.05) is 0 Å². The maximum atomic E-state index is 5.93. The molecule has 1 rings (SSSR count). The average Bonchev–Trinajstić information content (AvgIpc) is 2.26. The molecule has 0 spiro atoms. The Morgan fingerprint density at radius 3 is 2.43 bits per heavy atom. The SMILES string of the molecule is CCCNCCC1(CN)CCCCC1. The van der Waals surface area contributed by atoms with Gasteiger partial charge in [0.2, 0.25) is 0 Å². The second-order valence-electron chi connectivity index (χ2n) is 4.76. The van der Waals surface area contributed by atoms with Gasteiger partial charge in [0.25, 0.3) is 0 Å². The molecular formula is C12H26N2. The molecule has 2 heteroatoms. The highest BCUT2D eigenvalue weighted by molar-refractivity contribution is 4.84. The third-order valence-electron chi connectivity index (χ3n) is 3.61. The van der Waals surface area contributed by atoms with Crippen LogP contribution in [0.4, 0.5) is 0 Å². The predicted octanol–water partition coefficient (Wildman–Crippen LogP) is 2.29. The molecule has 0 unspecified atom stereocenters. The second kappa shape index (κ2) is 6.41. The summed E-state index contributed by atoms with van der Waals surface area (Å²) in [6.45, 7) is 5.42. The van der Waals surface area contributed by atoms with E-state index in [0.29, 0.717) is 5.41 Å². The van der Waals surface area contributed by atoms with Gasteiger partial charge in [-0.25, -0.2) is 0 Å². The molecule has 2 nitrogen and oxygen atoms in total. The first-order valence-corrected chi connectivity index (χ1v) is 6.24. The minimum atomic E-state index is 0.485. The van der Waals surface area contributed by atoms with Gasteiger partial charge in [0.1, 0.15) is 0 Å². The van der Waals surface area contributed by atoms with Gasteiger partial charge >= 0.3 is 0 Å². The minimum Gasteiger partial charge on any atom is -0.330 e. The molecule has 3 N–H and O–H groups in total. The molecule has 1 fully saturated rings. The highest BCUT2D eigenvalue weighted by Gasteiger charge is 2.29. The third kappa shape index (κ3) is 3.58. The van der Waals surface area contributed by atoms with E-state index in [0.717, 1.165) is 19.6 Å². The summed E-state index contributed by atoms with van der Waals surface area (Å²) in [6, 6.07) is 0. The Balaban J connectivity index is 2.22. The lowest BCUT2D eigenvalue weighted by molar-refractivity contribution is 0.181. The molecule has 0 saturated heterocycles. The summed E-state index contributed by atoms with van der Waals surface area (Å²) in [5, 5.41) is 3.49. The molecule has 14 heavy (non-hydrogen) atoms. The first-order valence-electron chi connectivity index (χ1n) is 6.24. The van der Waals surface area contributed by atoms with Gasteiger partial charge in [-0.05, 0) is 50.7 Å². The zero-order chi connectivity index (χ0) is 10.3. The zero-order valence-electron chi connectivity index (χ0n) is 9.65. The monoisotopic (exact) mass is 198 g/mol. The molecule has 0 heterocycles. The quantitative estimate of drug-likeness (QED) is 0.643. The highest BCUT2D eigenvalue weighted by atomic mass is 14.8. The van der Waals surface area contributed by atoms with Crippen LogP contribution >= 0.6 is 0 Å². The molecule has 0 amide bonds. The Hall–Kier alpha value is -0.0800. The molecule has 84 valence electrons. The molecule has 0 aromatic rings. The summed E-state index contributed by atoms with van der Waals surface area (Å²) in [5.74, 6) is 0. The molecule has 0 atom stereocenters. The fourth-order valence-electron chi connectivity index (χ4n) is 2.51. The minimum absolute atomic E-state index is 0.485. The van der Waals surface area contributed by atoms with Gasteiger partial charge in [0.05, 0.1) is 0 Å². The molecule has 1 aliphatic rings. The standard InChI is InChI=1S/C12H26N2/c1-2-9-14-10-8-12(11-13)6-4-3-5-7-12/h14H,2-11,13H2,1H3. The smallest absolute Gasteiger partial charge is 0.00201 e. The van der Waals surface area contributed by atoms with E-state index in [2.05, 4.69) is 12.2 Å². The van der Waals surface area contributed by atoms with Crippen LogP contribution in [0.1, 0.15) is 51.9 Å². The molecule has 0 aliphatic heterocycles. The van der Waals surface area contributed by atoms with Gasteiger partial charge < -0.3 is 11.1 Å². The van der Waals surface area contributed by atoms with Crippen LogP contribution in [-0.4, -0.2) is 19.6 Å². The molecule has 0 bridgehead atoms. The van der Waals surface area contributed by atoms with Gasteiger partial charge in [0.15, 0.2) is 0 Å². The number of rotatable bonds is 6. The van der Waals surface area contributed by atoms with Gasteiger partial charge in [-0.15, -0.1) is 0 Å². The van der Waals surface area contributed by atoms with E-state index in [-0.39, 0.29) is 0 Å². The van der Waals surface area contributed by atoms with E-state index >= 15 is 0 Å². The molecule has 0 radical (unpaired) electrons. The van der Waals surface area contributed by atoms with Crippen molar-refractivity contribution in [3.63, 3.8) is 0 Å². The molecular weight excluding hydrogens is 172 g/mol. The summed E-state index contributed by atoms with van der Waals surface area (Å²) in [4.78, 5) is 0. The van der Waals surface area contributed by atoms with E-state index in [1.807, 2.05) is 0 Å². The summed E-state index contributed by atoms with van der Waals surface area (Å²) in [7, 11) is 0. The van der Waals surface area contributed by atoms with E-state index in [9.17, 15) is 0 Å². The van der Waals surface area contributed by atoms with Gasteiger partial charge in [-0.3, -0.25) is 0 Å². The lowest BCUT2D eigenvalue weighted by atomic mass is 9.72. The van der Waals surface area contributed by atoms with Crippen LogP contribution in [-0.2, 0) is 0 Å². The largest absolute Gasteiger partial charge is 0.330 e. The lowest BCUT2D eigenvalue weighted by Crippen LogP contribution is -2.36. The van der Waals surface area contributed by atoms with Crippen molar-refractivity contribution in [3.05, 3.63) is 0 Å². The number of nitrogens with one attached hydrogen (secondary N) is 1. The third-order valence-corrected chi connectivity index (χ3v) is 3.61. The van der Waals surface area contributed by atoms with Crippen molar-refractivity contribution in [2.24, 2.45) is 11.1 Å². The van der Waals surface area contributed by atoms with Crippen LogP contribution in [0.3, 0.4) is 0 Å². The zero-order valence-corrected chi connectivity index (χ0v) is 9.65. The Bertz CT molecular complexity index is 139. The lowest BCUT2D eigenvalue weighted by Gasteiger charge is -2.36. The van der Waals surface area contributed by atoms with Gasteiger partial charge in [-0.1, -0.05) is 26.2 Å². The topological polar surface area (TPSA) is 38.0 Å². The van der Waals surface area contributed by atoms with Crippen LogP contribution in [0.15, 0.2) is 0 Å². The molecule has 1 aliphatic carbocycles. The maximum absolute atomic E-state index is 5.93. The first kappa shape index (κ1) is 12.0. The van der Waals surface area contributed by atoms with Crippen LogP contribution in [0, 0.1) is 5.41 Å². The molecule has 0 aromatic heterocycles. The van der Waals surface area contributed by atoms with Crippen LogP contribution < -0.4 is 11.1 Å². The second-order valence-corrected chi connectivity index (χ2v) is 4.76. The van der Waals surface area contributed by atoms with Crippen molar-refractivity contribution in [1.82, 2.24) is 5.32 Å². The summed E-state index contributed by atoms with van der Waals surface area (Å²) >= 11 is 0. The van der Waals surface area contributed by atoms with Crippen LogP contribution in [0.5, 0.6) is 0 Å². The molecule has 1 saturated carbocycles. The normalized spacial score (nSPS) is 21.0.